The number of nitrogens with zero attached hydrogens (tertiary/aromatic N) is 1. The predicted molar refractivity (Wildman–Crippen MR) is 104 cm³/mol. The van der Waals surface area contributed by atoms with Gasteiger partial charge >= 0.3 is 0 Å². The van der Waals surface area contributed by atoms with Crippen LogP contribution in [0, 0.1) is 31.1 Å². The van der Waals surface area contributed by atoms with Gasteiger partial charge in [0.05, 0.1) is 0 Å². The molecule has 5 heteroatoms. The lowest BCUT2D eigenvalue weighted by Crippen LogP contribution is -2.50. The molecule has 4 rings (SSSR count). The third kappa shape index (κ3) is 3.06. The molecular weight excluding hydrogens is 354 g/mol. The summed E-state index contributed by atoms with van der Waals surface area (Å²) >= 11 is 0. The molecule has 3 fully saturated rings. The fraction of sp³-hybridized carbons (Fsp3) is 0.522. The molecule has 2 heterocycles. The van der Waals surface area contributed by atoms with E-state index in [1.54, 1.807) is 11.8 Å². The minimum Gasteiger partial charge on any atom is -0.348 e. The Morgan fingerprint density at radius 2 is 1.75 bits per heavy atom. The highest BCUT2D eigenvalue weighted by molar-refractivity contribution is 6.10. The first-order valence-electron chi connectivity index (χ1n) is 9.84. The summed E-state index contributed by atoms with van der Waals surface area (Å²) in [4.78, 5) is 40.0. The fourth-order valence-corrected chi connectivity index (χ4v) is 5.24. The number of carbonyl (C=O) groups is 3. The Morgan fingerprint density at radius 3 is 2.36 bits per heavy atom. The molecule has 28 heavy (non-hydrogen) atoms. The van der Waals surface area contributed by atoms with E-state index in [2.05, 4.69) is 11.8 Å². The normalized spacial score (nSPS) is 29.7. The smallest absolute Gasteiger partial charge is 0.250 e. The van der Waals surface area contributed by atoms with Crippen molar-refractivity contribution >= 4 is 17.5 Å². The van der Waals surface area contributed by atoms with Crippen LogP contribution in [0.25, 0.3) is 0 Å². The van der Waals surface area contributed by atoms with Gasteiger partial charge in [-0.25, -0.2) is 0 Å². The molecular formula is C23H25NO4. The second-order valence-corrected chi connectivity index (χ2v) is 8.42. The van der Waals surface area contributed by atoms with Gasteiger partial charge in [0.15, 0.2) is 0 Å². The molecule has 1 amide bonds. The molecule has 1 atom stereocenters. The second kappa shape index (κ2) is 6.86. The van der Waals surface area contributed by atoms with Gasteiger partial charge in [0.25, 0.3) is 5.91 Å². The number of carbonyl (C=O) groups excluding carboxylic acids is 3. The van der Waals surface area contributed by atoms with Crippen molar-refractivity contribution in [3.05, 3.63) is 34.4 Å². The van der Waals surface area contributed by atoms with Gasteiger partial charge in [0.2, 0.25) is 0 Å². The summed E-state index contributed by atoms with van der Waals surface area (Å²) in [5.41, 5.74) is 3.27. The average molecular weight is 379 g/mol. The third-order valence-corrected chi connectivity index (χ3v) is 6.45. The lowest BCUT2D eigenvalue weighted by molar-refractivity contribution is -0.143. The number of fused-ring (bicyclic) bond motifs is 1. The van der Waals surface area contributed by atoms with Gasteiger partial charge in [0, 0.05) is 24.9 Å². The van der Waals surface area contributed by atoms with Crippen LogP contribution >= 0.6 is 0 Å². The number of benzene rings is 1. The van der Waals surface area contributed by atoms with Gasteiger partial charge in [-0.1, -0.05) is 5.92 Å². The van der Waals surface area contributed by atoms with Crippen molar-refractivity contribution in [1.82, 2.24) is 4.90 Å². The van der Waals surface area contributed by atoms with E-state index in [9.17, 15) is 14.4 Å². The Hall–Kier alpha value is -2.45. The lowest BCUT2D eigenvalue weighted by atomic mass is 9.62. The number of hydrogen-bond acceptors (Lipinski definition) is 4. The molecule has 5 nitrogen and oxygen atoms in total. The molecule has 2 aliphatic heterocycles. The van der Waals surface area contributed by atoms with E-state index < -0.39 is 5.92 Å². The fourth-order valence-electron chi connectivity index (χ4n) is 5.24. The number of Topliss-reactive ketones (excluding diaryl/α,β-unsaturated/α-hetero) is 2. The molecule has 1 aliphatic carbocycles. The highest BCUT2D eigenvalue weighted by Crippen LogP contribution is 2.49. The number of piperidine rings is 1. The molecule has 2 saturated heterocycles. The Labute approximate surface area is 165 Å². The van der Waals surface area contributed by atoms with Crippen LogP contribution in [0.5, 0.6) is 0 Å². The summed E-state index contributed by atoms with van der Waals surface area (Å²) in [6.45, 7) is 6.36. The van der Waals surface area contributed by atoms with Crippen molar-refractivity contribution in [3.8, 4) is 11.8 Å². The van der Waals surface area contributed by atoms with Crippen molar-refractivity contribution in [1.29, 1.82) is 0 Å². The van der Waals surface area contributed by atoms with Gasteiger partial charge in [-0.05, 0) is 67.9 Å². The largest absolute Gasteiger partial charge is 0.348 e. The first kappa shape index (κ1) is 18.9. The first-order chi connectivity index (χ1) is 13.3. The van der Waals surface area contributed by atoms with Crippen LogP contribution in [0.15, 0.2) is 12.1 Å². The second-order valence-electron chi connectivity index (χ2n) is 8.42. The van der Waals surface area contributed by atoms with Gasteiger partial charge in [-0.2, -0.15) is 0 Å². The van der Waals surface area contributed by atoms with Gasteiger partial charge in [-0.15, -0.1) is 5.92 Å². The number of aryl methyl sites for hydroxylation is 2. The van der Waals surface area contributed by atoms with Crippen molar-refractivity contribution in [2.24, 2.45) is 5.41 Å². The first-order valence-corrected chi connectivity index (χ1v) is 9.84. The van der Waals surface area contributed by atoms with E-state index in [0.29, 0.717) is 32.2 Å². The molecule has 1 saturated carbocycles. The maximum atomic E-state index is 13.2. The quantitative estimate of drug-likeness (QED) is 0.556. The molecule has 0 aromatic heterocycles. The molecule has 146 valence electrons. The van der Waals surface area contributed by atoms with Crippen LogP contribution in [0.3, 0.4) is 0 Å². The SMILES string of the molecule is CC#Cc1cc(C)c(C2C(=O)CC3(CCN4C(=O)COC4C3)CC2=O)c(C)c1. The highest BCUT2D eigenvalue weighted by Gasteiger charge is 2.51. The van der Waals surface area contributed by atoms with Crippen LogP contribution in [0.2, 0.25) is 0 Å². The zero-order chi connectivity index (χ0) is 20.1. The predicted octanol–water partition coefficient (Wildman–Crippen LogP) is 2.66. The summed E-state index contributed by atoms with van der Waals surface area (Å²) in [6.07, 6.45) is 1.73. The number of ketones is 2. The molecule has 1 aromatic rings. The minimum atomic E-state index is -0.682. The Kier molecular flexibility index (Phi) is 4.63. The van der Waals surface area contributed by atoms with Gasteiger partial charge in [0.1, 0.15) is 30.3 Å². The number of amides is 1. The molecule has 0 bridgehead atoms. The Balaban J connectivity index is 1.60. The van der Waals surface area contributed by atoms with Crippen molar-refractivity contribution in [2.75, 3.05) is 13.2 Å². The summed E-state index contributed by atoms with van der Waals surface area (Å²) < 4.78 is 5.59. The van der Waals surface area contributed by atoms with E-state index in [4.69, 9.17) is 4.74 Å². The molecule has 0 N–H and O–H groups in total. The number of ether oxygens (including phenoxy) is 1. The molecule has 1 unspecified atom stereocenters. The van der Waals surface area contributed by atoms with E-state index in [-0.39, 0.29) is 35.7 Å². The van der Waals surface area contributed by atoms with E-state index in [1.165, 1.54) is 0 Å². The molecule has 0 radical (unpaired) electrons. The van der Waals surface area contributed by atoms with E-state index in [1.807, 2.05) is 26.0 Å². The van der Waals surface area contributed by atoms with Crippen molar-refractivity contribution in [2.45, 2.75) is 58.6 Å². The lowest BCUT2D eigenvalue weighted by Gasteiger charge is -2.45. The highest BCUT2D eigenvalue weighted by atomic mass is 16.5. The molecule has 1 aromatic carbocycles. The molecule has 3 aliphatic rings. The van der Waals surface area contributed by atoms with Crippen LogP contribution < -0.4 is 0 Å². The van der Waals surface area contributed by atoms with Crippen LogP contribution in [-0.4, -0.2) is 41.8 Å². The van der Waals surface area contributed by atoms with Gasteiger partial charge < -0.3 is 9.64 Å². The van der Waals surface area contributed by atoms with Crippen LogP contribution in [0.1, 0.15) is 60.8 Å². The van der Waals surface area contributed by atoms with Crippen molar-refractivity contribution in [3.63, 3.8) is 0 Å². The Bertz CT molecular complexity index is 895. The topological polar surface area (TPSA) is 63.7 Å². The Morgan fingerprint density at radius 1 is 1.11 bits per heavy atom. The van der Waals surface area contributed by atoms with Crippen molar-refractivity contribution < 1.29 is 19.1 Å². The standard InChI is InChI=1S/C23H25NO4/c1-4-5-16-8-14(2)21(15(3)9-16)22-17(25)10-23(11-18(22)26)6-7-24-19(27)13-28-20(24)12-23/h8-9,20,22H,6-7,10-13H2,1-3H3. The van der Waals surface area contributed by atoms with Crippen LogP contribution in [0.4, 0.5) is 0 Å². The summed E-state index contributed by atoms with van der Waals surface area (Å²) in [5.74, 6) is 5.25. The monoisotopic (exact) mass is 379 g/mol. The van der Waals surface area contributed by atoms with E-state index in [0.717, 1.165) is 22.3 Å². The summed E-state index contributed by atoms with van der Waals surface area (Å²) in [5, 5.41) is 0. The maximum Gasteiger partial charge on any atom is 0.250 e. The maximum absolute atomic E-state index is 13.2. The average Bonchev–Trinajstić information content (AvgIpc) is 2.97. The molecule has 1 spiro atoms. The zero-order valence-electron chi connectivity index (χ0n) is 16.6. The summed E-state index contributed by atoms with van der Waals surface area (Å²) in [7, 11) is 0. The number of hydrogen-bond donors (Lipinski definition) is 0. The third-order valence-electron chi connectivity index (χ3n) is 6.45. The minimum absolute atomic E-state index is 0.00505. The zero-order valence-corrected chi connectivity index (χ0v) is 16.6. The van der Waals surface area contributed by atoms with Crippen LogP contribution in [-0.2, 0) is 19.1 Å². The summed E-state index contributed by atoms with van der Waals surface area (Å²) in [6, 6.07) is 3.92. The van der Waals surface area contributed by atoms with Gasteiger partial charge in [-0.3, -0.25) is 14.4 Å². The number of rotatable bonds is 1. The van der Waals surface area contributed by atoms with E-state index >= 15 is 0 Å².